The molecule has 0 saturated heterocycles. The van der Waals surface area contributed by atoms with Gasteiger partial charge in [0.1, 0.15) is 12.4 Å². The molecule has 3 rings (SSSR count). The van der Waals surface area contributed by atoms with Gasteiger partial charge in [-0.1, -0.05) is 42.5 Å². The van der Waals surface area contributed by atoms with E-state index in [2.05, 4.69) is 6.07 Å². The fraction of sp³-hybridized carbons (Fsp3) is 0.316. The highest BCUT2D eigenvalue weighted by Crippen LogP contribution is 2.51. The molecular weight excluding hydrogens is 276 g/mol. The number of ether oxygens (including phenoxy) is 1. The summed E-state index contributed by atoms with van der Waals surface area (Å²) in [6, 6.07) is 16.1. The van der Waals surface area contributed by atoms with Crippen LogP contribution in [0.2, 0.25) is 0 Å². The normalized spacial score (nSPS) is 15.3. The smallest absolute Gasteiger partial charge is 0.304 e. The van der Waals surface area contributed by atoms with Crippen LogP contribution in [0.25, 0.3) is 0 Å². The highest BCUT2D eigenvalue weighted by Gasteiger charge is 2.46. The number of carboxylic acids is 1. The third kappa shape index (κ3) is 3.14. The summed E-state index contributed by atoms with van der Waals surface area (Å²) in [7, 11) is 0. The van der Waals surface area contributed by atoms with Crippen molar-refractivity contribution in [3.05, 3.63) is 65.2 Å². The van der Waals surface area contributed by atoms with Crippen LogP contribution in [0.4, 0.5) is 0 Å². The maximum absolute atomic E-state index is 11.0. The monoisotopic (exact) mass is 296 g/mol. The molecule has 0 radical (unpaired) electrons. The number of hydrogen-bond donors (Lipinski definition) is 1. The molecule has 114 valence electrons. The number of benzene rings is 2. The molecule has 1 saturated carbocycles. The van der Waals surface area contributed by atoms with Gasteiger partial charge in [-0.25, -0.2) is 0 Å². The van der Waals surface area contributed by atoms with Crippen molar-refractivity contribution in [2.75, 3.05) is 0 Å². The summed E-state index contributed by atoms with van der Waals surface area (Å²) in [6.45, 7) is 2.56. The van der Waals surface area contributed by atoms with Gasteiger partial charge in [0.15, 0.2) is 0 Å². The fourth-order valence-corrected chi connectivity index (χ4v) is 2.88. The van der Waals surface area contributed by atoms with Gasteiger partial charge in [0.25, 0.3) is 0 Å². The van der Waals surface area contributed by atoms with Crippen LogP contribution in [0.1, 0.15) is 36.0 Å². The minimum atomic E-state index is -0.723. The minimum absolute atomic E-state index is 0.144. The molecule has 0 aromatic heterocycles. The zero-order valence-corrected chi connectivity index (χ0v) is 12.7. The van der Waals surface area contributed by atoms with Crippen LogP contribution >= 0.6 is 0 Å². The zero-order valence-electron chi connectivity index (χ0n) is 12.7. The summed E-state index contributed by atoms with van der Waals surface area (Å²) >= 11 is 0. The van der Waals surface area contributed by atoms with Gasteiger partial charge >= 0.3 is 5.97 Å². The average Bonchev–Trinajstić information content (AvgIpc) is 3.27. The Morgan fingerprint density at radius 1 is 1.18 bits per heavy atom. The van der Waals surface area contributed by atoms with Crippen LogP contribution in [0.15, 0.2) is 48.5 Å². The molecule has 3 nitrogen and oxygen atoms in total. The van der Waals surface area contributed by atoms with Crippen molar-refractivity contribution in [3.63, 3.8) is 0 Å². The van der Waals surface area contributed by atoms with E-state index in [1.54, 1.807) is 0 Å². The van der Waals surface area contributed by atoms with Gasteiger partial charge in [-0.3, -0.25) is 4.79 Å². The first-order valence-corrected chi connectivity index (χ1v) is 7.59. The molecule has 1 N–H and O–H groups in total. The Balaban J connectivity index is 1.71. The molecule has 0 atom stereocenters. The van der Waals surface area contributed by atoms with E-state index < -0.39 is 5.97 Å². The Hall–Kier alpha value is -2.29. The van der Waals surface area contributed by atoms with E-state index in [9.17, 15) is 4.79 Å². The molecule has 1 aliphatic rings. The van der Waals surface area contributed by atoms with Gasteiger partial charge in [-0.05, 0) is 42.5 Å². The lowest BCUT2D eigenvalue weighted by Crippen LogP contribution is -2.13. The van der Waals surface area contributed by atoms with Crippen molar-refractivity contribution in [2.24, 2.45) is 0 Å². The van der Waals surface area contributed by atoms with Crippen LogP contribution in [0, 0.1) is 6.92 Å². The molecule has 2 aromatic carbocycles. The predicted molar refractivity (Wildman–Crippen MR) is 85.1 cm³/mol. The molecule has 0 amide bonds. The van der Waals surface area contributed by atoms with Gasteiger partial charge in [0.2, 0.25) is 0 Å². The second-order valence-electron chi connectivity index (χ2n) is 6.11. The fourth-order valence-electron chi connectivity index (χ4n) is 2.88. The molecule has 22 heavy (non-hydrogen) atoms. The molecule has 0 spiro atoms. The Labute approximate surface area is 130 Å². The molecule has 2 aromatic rings. The lowest BCUT2D eigenvalue weighted by Gasteiger charge is -2.16. The first-order chi connectivity index (χ1) is 10.6. The van der Waals surface area contributed by atoms with Gasteiger partial charge in [0.05, 0.1) is 6.42 Å². The summed E-state index contributed by atoms with van der Waals surface area (Å²) < 4.78 is 5.88. The average molecular weight is 296 g/mol. The summed E-state index contributed by atoms with van der Waals surface area (Å²) in [5.41, 5.74) is 3.18. The van der Waals surface area contributed by atoms with Crippen molar-refractivity contribution in [1.29, 1.82) is 0 Å². The number of aliphatic carboxylic acids is 1. The maximum Gasteiger partial charge on any atom is 0.304 e. The van der Waals surface area contributed by atoms with E-state index in [1.165, 1.54) is 0 Å². The van der Waals surface area contributed by atoms with Crippen LogP contribution in [-0.2, 0) is 16.8 Å². The summed E-state index contributed by atoms with van der Waals surface area (Å²) in [6.07, 6.45) is 2.14. The van der Waals surface area contributed by atoms with Crippen molar-refractivity contribution in [1.82, 2.24) is 0 Å². The van der Waals surface area contributed by atoms with Crippen molar-refractivity contribution in [2.45, 2.75) is 38.2 Å². The third-order valence-electron chi connectivity index (χ3n) is 4.37. The van der Waals surface area contributed by atoms with E-state index in [4.69, 9.17) is 9.84 Å². The van der Waals surface area contributed by atoms with Gasteiger partial charge in [-0.15, -0.1) is 0 Å². The molecule has 1 aliphatic carbocycles. The van der Waals surface area contributed by atoms with Gasteiger partial charge in [-0.2, -0.15) is 0 Å². The molecule has 3 heteroatoms. The summed E-state index contributed by atoms with van der Waals surface area (Å²) in [5, 5.41) is 9.06. The quantitative estimate of drug-likeness (QED) is 0.873. The SMILES string of the molecule is Cc1cc(C2(CC(=O)O)CC2)ccc1OCc1ccccc1. The molecule has 0 bridgehead atoms. The van der Waals surface area contributed by atoms with E-state index in [1.807, 2.05) is 49.4 Å². The number of aryl methyl sites for hydroxylation is 1. The second-order valence-corrected chi connectivity index (χ2v) is 6.11. The Kier molecular flexibility index (Phi) is 3.88. The Morgan fingerprint density at radius 3 is 2.50 bits per heavy atom. The van der Waals surface area contributed by atoms with Crippen LogP contribution < -0.4 is 4.74 Å². The highest BCUT2D eigenvalue weighted by molar-refractivity contribution is 5.70. The summed E-state index contributed by atoms with van der Waals surface area (Å²) in [5.74, 6) is 0.137. The third-order valence-corrected chi connectivity index (χ3v) is 4.37. The molecular formula is C19H20O3. The highest BCUT2D eigenvalue weighted by atomic mass is 16.5. The first kappa shape index (κ1) is 14.6. The first-order valence-electron chi connectivity index (χ1n) is 7.59. The van der Waals surface area contributed by atoms with Crippen molar-refractivity contribution >= 4 is 5.97 Å². The van der Waals surface area contributed by atoms with Crippen LogP contribution in [0.3, 0.4) is 0 Å². The molecule has 0 unspecified atom stereocenters. The Morgan fingerprint density at radius 2 is 1.91 bits per heavy atom. The van der Waals surface area contributed by atoms with Crippen molar-refractivity contribution in [3.8, 4) is 5.75 Å². The zero-order chi connectivity index (χ0) is 15.6. The van der Waals surface area contributed by atoms with E-state index >= 15 is 0 Å². The van der Waals surface area contributed by atoms with Gasteiger partial charge in [0, 0.05) is 5.41 Å². The van der Waals surface area contributed by atoms with Crippen LogP contribution in [-0.4, -0.2) is 11.1 Å². The van der Waals surface area contributed by atoms with E-state index in [0.717, 1.165) is 35.3 Å². The maximum atomic E-state index is 11.0. The second kappa shape index (κ2) is 5.84. The van der Waals surface area contributed by atoms with E-state index in [-0.39, 0.29) is 11.8 Å². The number of hydrogen-bond acceptors (Lipinski definition) is 2. The van der Waals surface area contributed by atoms with E-state index in [0.29, 0.717) is 6.61 Å². The number of carbonyl (C=O) groups is 1. The number of rotatable bonds is 6. The van der Waals surface area contributed by atoms with Crippen molar-refractivity contribution < 1.29 is 14.6 Å². The van der Waals surface area contributed by atoms with Crippen LogP contribution in [0.5, 0.6) is 5.75 Å². The predicted octanol–water partition coefficient (Wildman–Crippen LogP) is 4.08. The standard InChI is InChI=1S/C19H20O3/c1-14-11-16(19(9-10-19)12-18(20)21)7-8-17(14)22-13-15-5-3-2-4-6-15/h2-8,11H,9-10,12-13H2,1H3,(H,20,21). The topological polar surface area (TPSA) is 46.5 Å². The molecule has 0 heterocycles. The summed E-state index contributed by atoms with van der Waals surface area (Å²) in [4.78, 5) is 11.0. The minimum Gasteiger partial charge on any atom is -0.489 e. The Bertz CT molecular complexity index is 672. The molecule has 1 fully saturated rings. The largest absolute Gasteiger partial charge is 0.489 e. The van der Waals surface area contributed by atoms with Gasteiger partial charge < -0.3 is 9.84 Å². The molecule has 0 aliphatic heterocycles. The lowest BCUT2D eigenvalue weighted by atomic mass is 9.91. The lowest BCUT2D eigenvalue weighted by molar-refractivity contribution is -0.137. The number of carboxylic acid groups (broad SMARTS) is 1.